The van der Waals surface area contributed by atoms with Crippen LogP contribution in [0.3, 0.4) is 0 Å². The maximum Gasteiger partial charge on any atom is 0.410 e. The first-order chi connectivity index (χ1) is 12.1. The molecule has 1 amide bonds. The number of likely N-dealkylation sites (N-methyl/N-ethyl adjacent to an activating group) is 1. The van der Waals surface area contributed by atoms with Gasteiger partial charge in [0.1, 0.15) is 12.3 Å². The zero-order valence-corrected chi connectivity index (χ0v) is 14.5. The zero-order chi connectivity index (χ0) is 18.1. The number of pyridine rings is 1. The van der Waals surface area contributed by atoms with Gasteiger partial charge in [-0.25, -0.2) is 14.6 Å². The summed E-state index contributed by atoms with van der Waals surface area (Å²) in [5, 5.41) is 0. The van der Waals surface area contributed by atoms with Crippen LogP contribution < -0.4 is 0 Å². The summed E-state index contributed by atoms with van der Waals surface area (Å²) in [7, 11) is 1.32. The highest BCUT2D eigenvalue weighted by molar-refractivity contribution is 5.87. The molecule has 0 N–H and O–H groups in total. The monoisotopic (exact) mass is 342 g/mol. The van der Waals surface area contributed by atoms with Gasteiger partial charge in [-0.2, -0.15) is 0 Å². The number of carbonyl (C=O) groups excluding carboxylic acids is 2. The highest BCUT2D eigenvalue weighted by atomic mass is 16.6. The highest BCUT2D eigenvalue weighted by Crippen LogP contribution is 2.06. The summed E-state index contributed by atoms with van der Waals surface area (Å²) in [6.45, 7) is 3.13. The van der Waals surface area contributed by atoms with Crippen molar-refractivity contribution in [2.24, 2.45) is 0 Å². The van der Waals surface area contributed by atoms with Gasteiger partial charge in [0.25, 0.3) is 0 Å². The fourth-order valence-electron chi connectivity index (χ4n) is 2.28. The van der Waals surface area contributed by atoms with Crippen LogP contribution in [0.25, 0.3) is 0 Å². The van der Waals surface area contributed by atoms with Gasteiger partial charge < -0.3 is 14.4 Å². The Hall–Kier alpha value is -2.89. The van der Waals surface area contributed by atoms with E-state index in [1.165, 1.54) is 7.11 Å². The lowest BCUT2D eigenvalue weighted by Gasteiger charge is -2.20. The smallest absolute Gasteiger partial charge is 0.410 e. The lowest BCUT2D eigenvalue weighted by atomic mass is 10.2. The van der Waals surface area contributed by atoms with E-state index in [4.69, 9.17) is 4.74 Å². The fraction of sp³-hybridized carbons (Fsp3) is 0.316. The first kappa shape index (κ1) is 18.4. The predicted octanol–water partition coefficient (Wildman–Crippen LogP) is 3.07. The Kier molecular flexibility index (Phi) is 6.95. The van der Waals surface area contributed by atoms with Crippen molar-refractivity contribution in [2.45, 2.75) is 20.0 Å². The summed E-state index contributed by atoms with van der Waals surface area (Å²) in [5.74, 6) is -0.475. The summed E-state index contributed by atoms with van der Waals surface area (Å²) in [6.07, 6.45) is 0.162. The maximum atomic E-state index is 12.2. The van der Waals surface area contributed by atoms with Crippen molar-refractivity contribution in [1.29, 1.82) is 0 Å². The molecule has 0 radical (unpaired) electrons. The summed E-state index contributed by atoms with van der Waals surface area (Å²) < 4.78 is 10.0. The number of ether oxygens (including phenoxy) is 2. The van der Waals surface area contributed by atoms with Crippen molar-refractivity contribution in [3.63, 3.8) is 0 Å². The minimum atomic E-state index is -0.475. The Morgan fingerprint density at radius 1 is 1.08 bits per heavy atom. The quantitative estimate of drug-likeness (QED) is 0.723. The normalized spacial score (nSPS) is 10.2. The number of hydrogen-bond donors (Lipinski definition) is 0. The van der Waals surface area contributed by atoms with E-state index < -0.39 is 5.97 Å². The van der Waals surface area contributed by atoms with Crippen LogP contribution >= 0.6 is 0 Å². The minimum Gasteiger partial charge on any atom is -0.464 e. The van der Waals surface area contributed by atoms with Crippen molar-refractivity contribution in [3.8, 4) is 0 Å². The molecule has 0 saturated heterocycles. The molecular formula is C19H22N2O4. The van der Waals surface area contributed by atoms with E-state index in [0.717, 1.165) is 11.3 Å². The molecule has 0 spiro atoms. The molecule has 0 fully saturated rings. The van der Waals surface area contributed by atoms with Crippen molar-refractivity contribution in [1.82, 2.24) is 9.88 Å². The largest absolute Gasteiger partial charge is 0.464 e. The van der Waals surface area contributed by atoms with Gasteiger partial charge >= 0.3 is 12.1 Å². The number of hydrogen-bond acceptors (Lipinski definition) is 5. The zero-order valence-electron chi connectivity index (χ0n) is 14.5. The van der Waals surface area contributed by atoms with E-state index in [-0.39, 0.29) is 18.4 Å². The van der Waals surface area contributed by atoms with E-state index >= 15 is 0 Å². The third-order valence-electron chi connectivity index (χ3n) is 3.68. The Balaban J connectivity index is 1.89. The second kappa shape index (κ2) is 9.42. The summed E-state index contributed by atoms with van der Waals surface area (Å²) in [5.41, 5.74) is 1.92. The predicted molar refractivity (Wildman–Crippen MR) is 93.2 cm³/mol. The van der Waals surface area contributed by atoms with Crippen molar-refractivity contribution < 1.29 is 19.1 Å². The highest BCUT2D eigenvalue weighted by Gasteiger charge is 2.14. The second-order valence-corrected chi connectivity index (χ2v) is 5.38. The molecule has 0 saturated carbocycles. The Morgan fingerprint density at radius 3 is 2.52 bits per heavy atom. The van der Waals surface area contributed by atoms with Crippen LogP contribution in [0.2, 0.25) is 0 Å². The number of methoxy groups -OCH3 is 1. The molecule has 2 rings (SSSR count). The third-order valence-corrected chi connectivity index (χ3v) is 3.68. The molecule has 1 aromatic heterocycles. The van der Waals surface area contributed by atoms with Gasteiger partial charge in [-0.3, -0.25) is 0 Å². The Bertz CT molecular complexity index is 704. The molecule has 1 heterocycles. The molecule has 6 heteroatoms. The van der Waals surface area contributed by atoms with Crippen molar-refractivity contribution in [3.05, 3.63) is 65.5 Å². The molecule has 0 unspecified atom stereocenters. The van der Waals surface area contributed by atoms with Crippen molar-refractivity contribution >= 4 is 12.1 Å². The van der Waals surface area contributed by atoms with Gasteiger partial charge in [-0.15, -0.1) is 0 Å². The van der Waals surface area contributed by atoms with Crippen LogP contribution in [-0.4, -0.2) is 42.1 Å². The SMILES string of the molecule is CCN(CCc1cccc(C(=O)OC)n1)C(=O)OCc1ccccc1. The van der Waals surface area contributed by atoms with E-state index in [1.807, 2.05) is 43.3 Å². The topological polar surface area (TPSA) is 68.7 Å². The van der Waals surface area contributed by atoms with E-state index in [1.54, 1.807) is 17.0 Å². The number of aromatic nitrogens is 1. The van der Waals surface area contributed by atoms with E-state index in [2.05, 4.69) is 9.72 Å². The molecule has 0 atom stereocenters. The standard InChI is InChI=1S/C19H22N2O4/c1-3-21(19(23)25-14-15-8-5-4-6-9-15)13-12-16-10-7-11-17(20-16)18(22)24-2/h4-11H,3,12-14H2,1-2H3. The third kappa shape index (κ3) is 5.60. The summed E-state index contributed by atoms with van der Waals surface area (Å²) >= 11 is 0. The van der Waals surface area contributed by atoms with Gasteiger partial charge in [0.15, 0.2) is 0 Å². The number of carbonyl (C=O) groups is 2. The van der Waals surface area contributed by atoms with Crippen LogP contribution in [0.1, 0.15) is 28.7 Å². The first-order valence-electron chi connectivity index (χ1n) is 8.14. The second-order valence-electron chi connectivity index (χ2n) is 5.38. The molecule has 0 aliphatic carbocycles. The number of esters is 1. The van der Waals surface area contributed by atoms with Crippen LogP contribution in [0.15, 0.2) is 48.5 Å². The van der Waals surface area contributed by atoms with Crippen LogP contribution in [0, 0.1) is 0 Å². The van der Waals surface area contributed by atoms with Gasteiger partial charge in [0.2, 0.25) is 0 Å². The van der Waals surface area contributed by atoms with Gasteiger partial charge in [0, 0.05) is 25.2 Å². The molecular weight excluding hydrogens is 320 g/mol. The molecule has 25 heavy (non-hydrogen) atoms. The number of rotatable bonds is 7. The Morgan fingerprint density at radius 2 is 1.84 bits per heavy atom. The number of amides is 1. The first-order valence-corrected chi connectivity index (χ1v) is 8.14. The van der Waals surface area contributed by atoms with Crippen molar-refractivity contribution in [2.75, 3.05) is 20.2 Å². The van der Waals surface area contributed by atoms with Crippen LogP contribution in [0.4, 0.5) is 4.79 Å². The average Bonchev–Trinajstić information content (AvgIpc) is 2.67. The summed E-state index contributed by atoms with van der Waals surface area (Å²) in [6, 6.07) is 14.7. The molecule has 132 valence electrons. The van der Waals surface area contributed by atoms with E-state index in [9.17, 15) is 9.59 Å². The molecule has 0 aliphatic heterocycles. The van der Waals surface area contributed by atoms with Gasteiger partial charge in [0.05, 0.1) is 7.11 Å². The molecule has 0 bridgehead atoms. The summed E-state index contributed by atoms with van der Waals surface area (Å²) in [4.78, 5) is 29.6. The average molecular weight is 342 g/mol. The van der Waals surface area contributed by atoms with Gasteiger partial charge in [-0.1, -0.05) is 36.4 Å². The number of nitrogens with zero attached hydrogens (tertiary/aromatic N) is 2. The molecule has 2 aromatic rings. The number of benzene rings is 1. The lowest BCUT2D eigenvalue weighted by Crippen LogP contribution is -2.33. The maximum absolute atomic E-state index is 12.2. The molecule has 6 nitrogen and oxygen atoms in total. The molecule has 0 aliphatic rings. The van der Waals surface area contributed by atoms with Crippen LogP contribution in [-0.2, 0) is 22.5 Å². The lowest BCUT2D eigenvalue weighted by molar-refractivity contribution is 0.0593. The minimum absolute atomic E-state index is 0.242. The fourth-order valence-corrected chi connectivity index (χ4v) is 2.28. The Labute approximate surface area is 147 Å². The molecule has 1 aromatic carbocycles. The van der Waals surface area contributed by atoms with Crippen LogP contribution in [0.5, 0.6) is 0 Å². The van der Waals surface area contributed by atoms with Gasteiger partial charge in [-0.05, 0) is 24.6 Å². The van der Waals surface area contributed by atoms with E-state index in [0.29, 0.717) is 19.5 Å².